The summed E-state index contributed by atoms with van der Waals surface area (Å²) >= 11 is 0. The summed E-state index contributed by atoms with van der Waals surface area (Å²) < 4.78 is 27.5. The maximum atomic E-state index is 12.3. The van der Waals surface area contributed by atoms with Gasteiger partial charge in [0.25, 0.3) is 16.0 Å². The minimum Gasteiger partial charge on any atom is -0.267 e. The first-order chi connectivity index (χ1) is 9.44. The van der Waals surface area contributed by atoms with E-state index in [1.807, 2.05) is 30.3 Å². The van der Waals surface area contributed by atoms with Crippen LogP contribution in [0.3, 0.4) is 0 Å². The van der Waals surface area contributed by atoms with E-state index in [4.69, 9.17) is 4.28 Å². The zero-order valence-electron chi connectivity index (χ0n) is 11.2. The van der Waals surface area contributed by atoms with E-state index in [-0.39, 0.29) is 5.75 Å². The number of carbonyl (C=O) groups is 1. The Morgan fingerprint density at radius 3 is 2.50 bits per heavy atom. The molecule has 0 N–H and O–H groups in total. The van der Waals surface area contributed by atoms with Gasteiger partial charge in [0.15, 0.2) is 0 Å². The van der Waals surface area contributed by atoms with E-state index in [0.29, 0.717) is 5.56 Å². The third kappa shape index (κ3) is 2.97. The van der Waals surface area contributed by atoms with Crippen LogP contribution in [-0.4, -0.2) is 32.2 Å². The Labute approximate surface area is 117 Å². The molecule has 0 aliphatic rings. The highest BCUT2D eigenvalue weighted by Crippen LogP contribution is 2.20. The van der Waals surface area contributed by atoms with Gasteiger partial charge in [0.1, 0.15) is 0 Å². The molecule has 0 aliphatic carbocycles. The molecule has 6 heteroatoms. The van der Waals surface area contributed by atoms with Crippen LogP contribution in [-0.2, 0) is 14.4 Å². The highest BCUT2D eigenvalue weighted by Gasteiger charge is 2.20. The van der Waals surface area contributed by atoms with Gasteiger partial charge in [-0.15, -0.1) is 4.28 Å². The van der Waals surface area contributed by atoms with Crippen LogP contribution < -0.4 is 0 Å². The molecule has 0 atom stereocenters. The Hall–Kier alpha value is -1.92. The standard InChI is InChI=1S/C14H15NO4S/c1-3-20(17,18)19-15(2)14(16)13-10-6-8-11-7-4-5-9-12(11)13/h4-10H,3H2,1-2H3. The molecule has 0 aliphatic heterocycles. The minimum absolute atomic E-state index is 0.194. The van der Waals surface area contributed by atoms with E-state index in [9.17, 15) is 13.2 Å². The summed E-state index contributed by atoms with van der Waals surface area (Å²) in [5, 5.41) is 2.41. The van der Waals surface area contributed by atoms with Crippen molar-refractivity contribution in [2.45, 2.75) is 6.92 Å². The molecule has 106 valence electrons. The van der Waals surface area contributed by atoms with Crippen LogP contribution in [0, 0.1) is 0 Å². The lowest BCUT2D eigenvalue weighted by Gasteiger charge is -2.16. The van der Waals surface area contributed by atoms with Gasteiger partial charge >= 0.3 is 0 Å². The first-order valence-corrected chi connectivity index (χ1v) is 7.70. The number of amides is 1. The van der Waals surface area contributed by atoms with Gasteiger partial charge in [-0.1, -0.05) is 36.4 Å². The predicted octanol–water partition coefficient (Wildman–Crippen LogP) is 2.19. The number of hydroxylamine groups is 2. The molecule has 2 aromatic rings. The number of rotatable bonds is 4. The zero-order chi connectivity index (χ0) is 14.8. The average Bonchev–Trinajstić information content (AvgIpc) is 2.45. The maximum absolute atomic E-state index is 12.3. The molecular weight excluding hydrogens is 278 g/mol. The SMILES string of the molecule is CCS(=O)(=O)ON(C)C(=O)c1cccc2ccccc12. The van der Waals surface area contributed by atoms with Gasteiger partial charge < -0.3 is 0 Å². The van der Waals surface area contributed by atoms with Crippen molar-refractivity contribution >= 4 is 26.8 Å². The Balaban J connectivity index is 2.37. The van der Waals surface area contributed by atoms with Gasteiger partial charge in [0.05, 0.1) is 5.75 Å². The zero-order valence-corrected chi connectivity index (χ0v) is 12.1. The Morgan fingerprint density at radius 1 is 1.15 bits per heavy atom. The fourth-order valence-corrected chi connectivity index (χ4v) is 2.35. The lowest BCUT2D eigenvalue weighted by atomic mass is 10.0. The lowest BCUT2D eigenvalue weighted by Crippen LogP contribution is -2.30. The molecular formula is C14H15NO4S. The second-order valence-corrected chi connectivity index (χ2v) is 6.09. The molecule has 0 saturated heterocycles. The van der Waals surface area contributed by atoms with E-state index in [1.165, 1.54) is 14.0 Å². The molecule has 0 fully saturated rings. The van der Waals surface area contributed by atoms with Crippen molar-refractivity contribution in [2.75, 3.05) is 12.8 Å². The first kappa shape index (κ1) is 14.5. The molecule has 0 unspecified atom stereocenters. The average molecular weight is 293 g/mol. The second-order valence-electron chi connectivity index (χ2n) is 4.25. The van der Waals surface area contributed by atoms with Crippen molar-refractivity contribution in [3.63, 3.8) is 0 Å². The lowest BCUT2D eigenvalue weighted by molar-refractivity contribution is -0.00843. The Morgan fingerprint density at radius 2 is 1.80 bits per heavy atom. The van der Waals surface area contributed by atoms with E-state index >= 15 is 0 Å². The van der Waals surface area contributed by atoms with Crippen LogP contribution in [0.4, 0.5) is 0 Å². The number of carbonyl (C=O) groups excluding carboxylic acids is 1. The van der Waals surface area contributed by atoms with Crippen molar-refractivity contribution in [2.24, 2.45) is 0 Å². The van der Waals surface area contributed by atoms with Crippen molar-refractivity contribution in [1.82, 2.24) is 5.06 Å². The fourth-order valence-electron chi connectivity index (χ4n) is 1.84. The Bertz CT molecular complexity index is 734. The van der Waals surface area contributed by atoms with Crippen LogP contribution in [0.5, 0.6) is 0 Å². The molecule has 0 aromatic heterocycles. The summed E-state index contributed by atoms with van der Waals surface area (Å²) in [5.74, 6) is -0.695. The van der Waals surface area contributed by atoms with Crippen LogP contribution in [0.1, 0.15) is 17.3 Å². The highest BCUT2D eigenvalue weighted by atomic mass is 32.2. The Kier molecular flexibility index (Phi) is 4.06. The number of fused-ring (bicyclic) bond motifs is 1. The number of nitrogens with zero attached hydrogens (tertiary/aromatic N) is 1. The molecule has 0 spiro atoms. The first-order valence-electron chi connectivity index (χ1n) is 6.12. The summed E-state index contributed by atoms with van der Waals surface area (Å²) in [6.07, 6.45) is 0. The van der Waals surface area contributed by atoms with Crippen LogP contribution in [0.25, 0.3) is 10.8 Å². The van der Waals surface area contributed by atoms with Crippen LogP contribution >= 0.6 is 0 Å². The second kappa shape index (κ2) is 5.60. The summed E-state index contributed by atoms with van der Waals surface area (Å²) in [4.78, 5) is 12.3. The van der Waals surface area contributed by atoms with Crippen molar-refractivity contribution < 1.29 is 17.5 Å². The van der Waals surface area contributed by atoms with Gasteiger partial charge in [0, 0.05) is 12.6 Å². The molecule has 0 radical (unpaired) electrons. The third-order valence-electron chi connectivity index (χ3n) is 2.88. The maximum Gasteiger partial charge on any atom is 0.287 e. The number of hydrogen-bond acceptors (Lipinski definition) is 4. The smallest absolute Gasteiger partial charge is 0.267 e. The van der Waals surface area contributed by atoms with Gasteiger partial charge in [-0.25, -0.2) is 5.06 Å². The van der Waals surface area contributed by atoms with Gasteiger partial charge in [0.2, 0.25) is 0 Å². The summed E-state index contributed by atoms with van der Waals surface area (Å²) in [7, 11) is -2.43. The van der Waals surface area contributed by atoms with Gasteiger partial charge in [-0.05, 0) is 23.8 Å². The minimum atomic E-state index is -3.72. The van der Waals surface area contributed by atoms with Crippen molar-refractivity contribution in [3.8, 4) is 0 Å². The third-order valence-corrected chi connectivity index (χ3v) is 4.04. The summed E-state index contributed by atoms with van der Waals surface area (Å²) in [6.45, 7) is 1.45. The largest absolute Gasteiger partial charge is 0.287 e. The van der Waals surface area contributed by atoms with Crippen molar-refractivity contribution in [1.29, 1.82) is 0 Å². The molecule has 0 heterocycles. The highest BCUT2D eigenvalue weighted by molar-refractivity contribution is 7.86. The molecule has 0 saturated carbocycles. The molecule has 5 nitrogen and oxygen atoms in total. The summed E-state index contributed by atoms with van der Waals surface area (Å²) in [6, 6.07) is 12.7. The van der Waals surface area contributed by atoms with Gasteiger partial charge in [-0.2, -0.15) is 8.42 Å². The predicted molar refractivity (Wildman–Crippen MR) is 76.6 cm³/mol. The molecule has 2 rings (SSSR count). The monoisotopic (exact) mass is 293 g/mol. The number of hydrogen-bond donors (Lipinski definition) is 0. The molecule has 20 heavy (non-hydrogen) atoms. The topological polar surface area (TPSA) is 63.7 Å². The normalized spacial score (nSPS) is 11.5. The summed E-state index contributed by atoms with van der Waals surface area (Å²) in [5.41, 5.74) is 0.400. The van der Waals surface area contributed by atoms with Gasteiger partial charge in [-0.3, -0.25) is 4.79 Å². The number of benzene rings is 2. The van der Waals surface area contributed by atoms with E-state index in [1.54, 1.807) is 12.1 Å². The van der Waals surface area contributed by atoms with Crippen LogP contribution in [0.2, 0.25) is 0 Å². The van der Waals surface area contributed by atoms with E-state index in [0.717, 1.165) is 15.8 Å². The molecule has 1 amide bonds. The van der Waals surface area contributed by atoms with E-state index < -0.39 is 16.0 Å². The van der Waals surface area contributed by atoms with Crippen LogP contribution in [0.15, 0.2) is 42.5 Å². The van der Waals surface area contributed by atoms with E-state index in [2.05, 4.69) is 0 Å². The fraction of sp³-hybridized carbons (Fsp3) is 0.214. The quantitative estimate of drug-likeness (QED) is 0.811. The molecule has 2 aromatic carbocycles. The van der Waals surface area contributed by atoms with Crippen molar-refractivity contribution in [3.05, 3.63) is 48.0 Å². The molecule has 0 bridgehead atoms.